The maximum Gasteiger partial charge on any atom is 0.314 e. The molecule has 0 saturated carbocycles. The summed E-state index contributed by atoms with van der Waals surface area (Å²) in [4.78, 5) is 45.6. The molecule has 8 heteroatoms. The third kappa shape index (κ3) is 2.50. The Morgan fingerprint density at radius 1 is 1.41 bits per heavy atom. The second kappa shape index (κ2) is 5.47. The molecule has 1 aliphatic heterocycles. The third-order valence-corrected chi connectivity index (χ3v) is 3.64. The van der Waals surface area contributed by atoms with Crippen molar-refractivity contribution >= 4 is 22.8 Å². The summed E-state index contributed by atoms with van der Waals surface area (Å²) in [6.45, 7) is 4.69. The first-order chi connectivity index (χ1) is 10.6. The van der Waals surface area contributed by atoms with Crippen molar-refractivity contribution < 1.29 is 4.79 Å². The molecule has 1 fully saturated rings. The number of fused-ring (bicyclic) bond motifs is 1. The summed E-state index contributed by atoms with van der Waals surface area (Å²) in [7, 11) is 0. The van der Waals surface area contributed by atoms with E-state index < -0.39 is 11.1 Å². The van der Waals surface area contributed by atoms with Crippen molar-refractivity contribution in [2.24, 2.45) is 0 Å². The van der Waals surface area contributed by atoms with E-state index >= 15 is 0 Å². The van der Waals surface area contributed by atoms with Crippen LogP contribution < -0.4 is 21.3 Å². The molecule has 1 atom stereocenters. The van der Waals surface area contributed by atoms with Gasteiger partial charge in [0.1, 0.15) is 5.52 Å². The number of aromatic nitrogens is 3. The van der Waals surface area contributed by atoms with Crippen LogP contribution in [0.3, 0.4) is 0 Å². The summed E-state index contributed by atoms with van der Waals surface area (Å²) in [5.41, 5.74) is -0.393. The zero-order valence-corrected chi connectivity index (χ0v) is 11.8. The quantitative estimate of drug-likeness (QED) is 0.522. The van der Waals surface area contributed by atoms with E-state index in [2.05, 4.69) is 26.8 Å². The van der Waals surface area contributed by atoms with Crippen molar-refractivity contribution in [3.8, 4) is 0 Å². The number of rotatable bonds is 3. The van der Waals surface area contributed by atoms with E-state index in [-0.39, 0.29) is 11.9 Å². The van der Waals surface area contributed by atoms with Gasteiger partial charge in [0.2, 0.25) is 5.91 Å². The van der Waals surface area contributed by atoms with E-state index in [1.54, 1.807) is 12.3 Å². The summed E-state index contributed by atoms with van der Waals surface area (Å²) in [6, 6.07) is 1.63. The van der Waals surface area contributed by atoms with Crippen LogP contribution in [0, 0.1) is 0 Å². The molecule has 22 heavy (non-hydrogen) atoms. The van der Waals surface area contributed by atoms with Crippen molar-refractivity contribution in [1.29, 1.82) is 0 Å². The lowest BCUT2D eigenvalue weighted by Gasteiger charge is -2.19. The molecule has 2 aromatic heterocycles. The Labute approximate surface area is 124 Å². The van der Waals surface area contributed by atoms with Crippen molar-refractivity contribution in [3.05, 3.63) is 45.6 Å². The van der Waals surface area contributed by atoms with Crippen molar-refractivity contribution in [2.75, 3.05) is 18.0 Å². The molecule has 1 aliphatic rings. The van der Waals surface area contributed by atoms with Gasteiger partial charge in [0.15, 0.2) is 5.82 Å². The normalized spacial score (nSPS) is 17.6. The minimum Gasteiger partial charge on any atom is -0.353 e. The van der Waals surface area contributed by atoms with Gasteiger partial charge in [0.25, 0.3) is 0 Å². The van der Waals surface area contributed by atoms with E-state index in [9.17, 15) is 14.4 Å². The number of pyridine rings is 1. The van der Waals surface area contributed by atoms with E-state index in [0.29, 0.717) is 29.9 Å². The van der Waals surface area contributed by atoms with Crippen LogP contribution in [0.5, 0.6) is 0 Å². The van der Waals surface area contributed by atoms with Crippen LogP contribution in [-0.4, -0.2) is 40.0 Å². The van der Waals surface area contributed by atoms with Crippen LogP contribution in [-0.2, 0) is 4.79 Å². The predicted octanol–water partition coefficient (Wildman–Crippen LogP) is -0.508. The number of carbonyl (C=O) groups excluding carboxylic acids is 1. The van der Waals surface area contributed by atoms with Gasteiger partial charge in [-0.3, -0.25) is 14.4 Å². The fraction of sp³-hybridized carbons (Fsp3) is 0.286. The second-order valence-corrected chi connectivity index (χ2v) is 5.11. The Hall–Kier alpha value is -2.90. The van der Waals surface area contributed by atoms with Gasteiger partial charge < -0.3 is 20.2 Å². The average Bonchev–Trinajstić information content (AvgIpc) is 2.96. The lowest BCUT2D eigenvalue weighted by Crippen LogP contribution is -2.36. The largest absolute Gasteiger partial charge is 0.353 e. The summed E-state index contributed by atoms with van der Waals surface area (Å²) in [5, 5.41) is 2.84. The standard InChI is InChI=1S/C14H15N5O3/c1-2-10(20)16-8-4-6-19(7-8)12-11-9(3-5-15-12)17-13(21)14(22)18-11/h2-3,5,8H,1,4,6-7H2,(H,16,20)(H,17,21)(H,18,22)/t8-/m0/s1. The summed E-state index contributed by atoms with van der Waals surface area (Å²) in [6.07, 6.45) is 3.58. The van der Waals surface area contributed by atoms with Crippen molar-refractivity contribution in [1.82, 2.24) is 20.3 Å². The number of amides is 1. The average molecular weight is 301 g/mol. The molecular formula is C14H15N5O3. The van der Waals surface area contributed by atoms with Crippen LogP contribution in [0.1, 0.15) is 6.42 Å². The van der Waals surface area contributed by atoms with E-state index in [0.717, 1.165) is 6.42 Å². The first kappa shape index (κ1) is 14.1. The van der Waals surface area contributed by atoms with Gasteiger partial charge in [-0.1, -0.05) is 6.58 Å². The van der Waals surface area contributed by atoms with Crippen LogP contribution >= 0.6 is 0 Å². The molecule has 2 aromatic rings. The summed E-state index contributed by atoms with van der Waals surface area (Å²) in [5.74, 6) is 0.372. The highest BCUT2D eigenvalue weighted by molar-refractivity contribution is 5.87. The van der Waals surface area contributed by atoms with E-state index in [4.69, 9.17) is 0 Å². The first-order valence-electron chi connectivity index (χ1n) is 6.87. The molecule has 3 heterocycles. The Kier molecular flexibility index (Phi) is 3.50. The molecule has 0 unspecified atom stereocenters. The van der Waals surface area contributed by atoms with Gasteiger partial charge in [0.05, 0.1) is 5.52 Å². The van der Waals surface area contributed by atoms with Crippen LogP contribution in [0.25, 0.3) is 11.0 Å². The predicted molar refractivity (Wildman–Crippen MR) is 81.9 cm³/mol. The molecule has 8 nitrogen and oxygen atoms in total. The Morgan fingerprint density at radius 3 is 2.95 bits per heavy atom. The number of H-pyrrole nitrogens is 2. The van der Waals surface area contributed by atoms with Gasteiger partial charge in [-0.15, -0.1) is 0 Å². The molecule has 1 amide bonds. The second-order valence-electron chi connectivity index (χ2n) is 5.11. The Balaban J connectivity index is 1.93. The number of nitrogens with one attached hydrogen (secondary N) is 3. The lowest BCUT2D eigenvalue weighted by molar-refractivity contribution is -0.117. The van der Waals surface area contributed by atoms with Crippen LogP contribution in [0.2, 0.25) is 0 Å². The number of hydrogen-bond acceptors (Lipinski definition) is 5. The molecule has 3 N–H and O–H groups in total. The van der Waals surface area contributed by atoms with Gasteiger partial charge in [-0.2, -0.15) is 0 Å². The number of anilines is 1. The zero-order chi connectivity index (χ0) is 15.7. The lowest BCUT2D eigenvalue weighted by atomic mass is 10.2. The molecule has 3 rings (SSSR count). The highest BCUT2D eigenvalue weighted by atomic mass is 16.2. The molecular weight excluding hydrogens is 286 g/mol. The fourth-order valence-corrected chi connectivity index (χ4v) is 2.60. The molecule has 0 radical (unpaired) electrons. The number of hydrogen-bond donors (Lipinski definition) is 3. The molecule has 0 aromatic carbocycles. The molecule has 0 spiro atoms. The molecule has 0 aliphatic carbocycles. The topological polar surface area (TPSA) is 111 Å². The van der Waals surface area contributed by atoms with Gasteiger partial charge >= 0.3 is 11.1 Å². The van der Waals surface area contributed by atoms with Gasteiger partial charge in [-0.05, 0) is 18.6 Å². The first-order valence-corrected chi connectivity index (χ1v) is 6.87. The highest BCUT2D eigenvalue weighted by Crippen LogP contribution is 2.23. The fourth-order valence-electron chi connectivity index (χ4n) is 2.60. The smallest absolute Gasteiger partial charge is 0.314 e. The van der Waals surface area contributed by atoms with Crippen molar-refractivity contribution in [2.45, 2.75) is 12.5 Å². The van der Waals surface area contributed by atoms with E-state index in [1.165, 1.54) is 6.08 Å². The minimum atomic E-state index is -0.711. The monoisotopic (exact) mass is 301 g/mol. The number of nitrogens with zero attached hydrogens (tertiary/aromatic N) is 2. The van der Waals surface area contributed by atoms with Crippen LogP contribution in [0.4, 0.5) is 5.82 Å². The Morgan fingerprint density at radius 2 is 2.18 bits per heavy atom. The third-order valence-electron chi connectivity index (χ3n) is 3.64. The molecule has 114 valence electrons. The molecule has 1 saturated heterocycles. The van der Waals surface area contributed by atoms with Crippen molar-refractivity contribution in [3.63, 3.8) is 0 Å². The zero-order valence-electron chi connectivity index (χ0n) is 11.8. The van der Waals surface area contributed by atoms with Gasteiger partial charge in [-0.25, -0.2) is 4.98 Å². The maximum absolute atomic E-state index is 11.5. The SMILES string of the molecule is C=CC(=O)N[C@H]1CCN(c2nccc3[nH]c(=O)c(=O)[nH]c23)C1. The number of aromatic amines is 2. The van der Waals surface area contributed by atoms with Crippen LogP contribution in [0.15, 0.2) is 34.5 Å². The van der Waals surface area contributed by atoms with E-state index in [1.807, 2.05) is 4.90 Å². The maximum atomic E-state index is 11.5. The summed E-state index contributed by atoms with van der Waals surface area (Å²) < 4.78 is 0. The molecule has 0 bridgehead atoms. The Bertz CT molecular complexity index is 853. The summed E-state index contributed by atoms with van der Waals surface area (Å²) >= 11 is 0. The highest BCUT2D eigenvalue weighted by Gasteiger charge is 2.25. The number of carbonyl (C=O) groups is 1. The van der Waals surface area contributed by atoms with Gasteiger partial charge in [0, 0.05) is 25.3 Å². The minimum absolute atomic E-state index is 0.00274.